The Hall–Kier alpha value is -4.12. The summed E-state index contributed by atoms with van der Waals surface area (Å²) in [5.74, 6) is -1.35. The minimum absolute atomic E-state index is 0.0166. The van der Waals surface area contributed by atoms with Crippen molar-refractivity contribution in [3.63, 3.8) is 0 Å². The number of guanidine groups is 1. The fourth-order valence-electron chi connectivity index (χ4n) is 7.73. The molecule has 1 aliphatic carbocycles. The van der Waals surface area contributed by atoms with Gasteiger partial charge in [-0.2, -0.15) is 0 Å². The first kappa shape index (κ1) is 29.9. The smallest absolute Gasteiger partial charge is 0.335 e. The number of methoxy groups -OCH3 is 1. The fourth-order valence-corrected chi connectivity index (χ4v) is 7.73. The number of carboxylic acids is 1. The van der Waals surface area contributed by atoms with E-state index in [2.05, 4.69) is 16.3 Å². The van der Waals surface area contributed by atoms with Gasteiger partial charge >= 0.3 is 5.97 Å². The fraction of sp³-hybridized carbons (Fsp3) is 0.515. The first-order chi connectivity index (χ1) is 21.2. The summed E-state index contributed by atoms with van der Waals surface area (Å²) in [4.78, 5) is 45.6. The van der Waals surface area contributed by atoms with Crippen molar-refractivity contribution in [3.8, 4) is 0 Å². The zero-order valence-electron chi connectivity index (χ0n) is 25.3. The Balaban J connectivity index is 1.25. The van der Waals surface area contributed by atoms with Gasteiger partial charge in [0.1, 0.15) is 6.04 Å². The van der Waals surface area contributed by atoms with Crippen LogP contribution in [0.4, 0.5) is 11.4 Å². The Morgan fingerprint density at radius 1 is 1.00 bits per heavy atom. The molecule has 2 aromatic rings. The molecule has 1 spiro atoms. The molecule has 1 atom stereocenters. The normalized spacial score (nSPS) is 21.8. The molecule has 0 aromatic heterocycles. The Morgan fingerprint density at radius 2 is 1.68 bits per heavy atom. The molecule has 3 aliphatic heterocycles. The standard InChI is InChI=1S/C33H42N6O5/c1-44-24-9-14-37(15-10-24)27-4-2-3-26-25(27)11-16-39(28(26)29(40)36-23-7-5-21(6-8-23)31(42)43)30(41)22-19-33(20-22)12-17-38(18-13-33)32(34)35/h2-8,22,24,28H,9-20H2,1H3,(H3,34,35)(H,36,40)(H,42,43)/t28-/m0/s1. The number of piperidine rings is 2. The topological polar surface area (TPSA) is 152 Å². The van der Waals surface area contributed by atoms with E-state index in [1.54, 1.807) is 24.1 Å². The summed E-state index contributed by atoms with van der Waals surface area (Å²) in [6.45, 7) is 3.67. The van der Waals surface area contributed by atoms with Gasteiger partial charge in [-0.3, -0.25) is 15.0 Å². The van der Waals surface area contributed by atoms with Gasteiger partial charge in [0.05, 0.1) is 11.7 Å². The number of aromatic carboxylic acids is 1. The Bertz CT molecular complexity index is 1420. The molecule has 11 nitrogen and oxygen atoms in total. The van der Waals surface area contributed by atoms with Gasteiger partial charge in [0.25, 0.3) is 5.91 Å². The number of ether oxygens (including phenoxy) is 1. The lowest BCUT2D eigenvalue weighted by atomic mass is 9.57. The van der Waals surface area contributed by atoms with Gasteiger partial charge < -0.3 is 35.6 Å². The first-order valence-corrected chi connectivity index (χ1v) is 15.6. The van der Waals surface area contributed by atoms with Crippen molar-refractivity contribution in [2.75, 3.05) is 50.1 Å². The molecule has 2 saturated heterocycles. The van der Waals surface area contributed by atoms with Crippen molar-refractivity contribution in [1.82, 2.24) is 9.80 Å². The number of nitrogens with two attached hydrogens (primary N) is 1. The van der Waals surface area contributed by atoms with Crippen LogP contribution in [0.3, 0.4) is 0 Å². The molecule has 6 rings (SSSR count). The molecule has 5 N–H and O–H groups in total. The summed E-state index contributed by atoms with van der Waals surface area (Å²) in [6.07, 6.45) is 6.22. The highest BCUT2D eigenvalue weighted by Gasteiger charge is 2.51. The van der Waals surface area contributed by atoms with Gasteiger partial charge in [0.2, 0.25) is 5.91 Å². The van der Waals surface area contributed by atoms with Crippen molar-refractivity contribution >= 4 is 35.1 Å². The number of carbonyl (C=O) groups excluding carboxylic acids is 2. The number of carboxylic acid groups (broad SMARTS) is 1. The number of nitrogens with zero attached hydrogens (tertiary/aromatic N) is 3. The third kappa shape index (κ3) is 5.72. The van der Waals surface area contributed by atoms with Crippen LogP contribution in [-0.2, 0) is 20.7 Å². The predicted molar refractivity (Wildman–Crippen MR) is 167 cm³/mol. The molecule has 0 radical (unpaired) electrons. The molecule has 2 amide bonds. The maximum Gasteiger partial charge on any atom is 0.335 e. The number of amides is 2. The SMILES string of the molecule is COC1CCN(c2cccc3c2CCN(C(=O)C2CC4(CCN(C(=N)N)CC4)C2)[C@@H]3C(=O)Nc2ccc(C(=O)O)cc2)CC1. The quantitative estimate of drug-likeness (QED) is 0.290. The lowest BCUT2D eigenvalue weighted by Crippen LogP contribution is -2.55. The van der Waals surface area contributed by atoms with E-state index in [0.717, 1.165) is 81.5 Å². The number of fused-ring (bicyclic) bond motifs is 1. The Morgan fingerprint density at radius 3 is 2.30 bits per heavy atom. The molecule has 1 saturated carbocycles. The van der Waals surface area contributed by atoms with Gasteiger partial charge in [-0.05, 0) is 91.8 Å². The van der Waals surface area contributed by atoms with Crippen LogP contribution in [0.5, 0.6) is 0 Å². The average molecular weight is 603 g/mol. The maximum atomic E-state index is 14.1. The summed E-state index contributed by atoms with van der Waals surface area (Å²) >= 11 is 0. The van der Waals surface area contributed by atoms with Crippen LogP contribution in [0, 0.1) is 16.7 Å². The average Bonchev–Trinajstić information content (AvgIpc) is 3.02. The van der Waals surface area contributed by atoms with Crippen LogP contribution in [0.15, 0.2) is 42.5 Å². The second-order valence-corrected chi connectivity index (χ2v) is 12.8. The van der Waals surface area contributed by atoms with Crippen LogP contribution in [0.2, 0.25) is 0 Å². The molecule has 11 heteroatoms. The molecule has 44 heavy (non-hydrogen) atoms. The molecular formula is C33H42N6O5. The lowest BCUT2D eigenvalue weighted by molar-refractivity contribution is -0.151. The largest absolute Gasteiger partial charge is 0.478 e. The third-order valence-corrected chi connectivity index (χ3v) is 10.3. The van der Waals surface area contributed by atoms with Gasteiger partial charge in [0, 0.05) is 57.1 Å². The van der Waals surface area contributed by atoms with Crippen molar-refractivity contribution in [1.29, 1.82) is 5.41 Å². The third-order valence-electron chi connectivity index (χ3n) is 10.3. The van der Waals surface area contributed by atoms with E-state index in [1.807, 2.05) is 17.0 Å². The van der Waals surface area contributed by atoms with E-state index in [4.69, 9.17) is 15.9 Å². The monoisotopic (exact) mass is 602 g/mol. The summed E-state index contributed by atoms with van der Waals surface area (Å²) in [7, 11) is 1.76. The van der Waals surface area contributed by atoms with E-state index in [0.29, 0.717) is 18.7 Å². The van der Waals surface area contributed by atoms with E-state index in [-0.39, 0.29) is 40.8 Å². The number of hydrogen-bond acceptors (Lipinski definition) is 6. The molecular weight excluding hydrogens is 560 g/mol. The van der Waals surface area contributed by atoms with E-state index in [1.165, 1.54) is 12.1 Å². The summed E-state index contributed by atoms with van der Waals surface area (Å²) < 4.78 is 5.58. The van der Waals surface area contributed by atoms with Gasteiger partial charge in [-0.1, -0.05) is 12.1 Å². The molecule has 0 bridgehead atoms. The van der Waals surface area contributed by atoms with Crippen molar-refractivity contribution in [3.05, 3.63) is 59.2 Å². The molecule has 0 unspecified atom stereocenters. The number of rotatable bonds is 6. The number of anilines is 2. The summed E-state index contributed by atoms with van der Waals surface area (Å²) in [6, 6.07) is 11.4. The van der Waals surface area contributed by atoms with Crippen molar-refractivity contribution in [2.45, 2.75) is 57.1 Å². The van der Waals surface area contributed by atoms with Crippen LogP contribution >= 0.6 is 0 Å². The van der Waals surface area contributed by atoms with Crippen LogP contribution in [0.25, 0.3) is 0 Å². The van der Waals surface area contributed by atoms with Gasteiger partial charge in [-0.25, -0.2) is 4.79 Å². The van der Waals surface area contributed by atoms with Crippen molar-refractivity contribution in [2.24, 2.45) is 17.1 Å². The number of likely N-dealkylation sites (tertiary alicyclic amines) is 1. The summed E-state index contributed by atoms with van der Waals surface area (Å²) in [5.41, 5.74) is 9.49. The second-order valence-electron chi connectivity index (χ2n) is 12.8. The predicted octanol–water partition coefficient (Wildman–Crippen LogP) is 3.45. The number of nitrogens with one attached hydrogen (secondary N) is 2. The second kappa shape index (κ2) is 12.1. The van der Waals surface area contributed by atoms with Crippen LogP contribution in [-0.4, -0.2) is 84.6 Å². The lowest BCUT2D eigenvalue weighted by Gasteiger charge is -2.53. The van der Waals surface area contributed by atoms with Crippen molar-refractivity contribution < 1.29 is 24.2 Å². The van der Waals surface area contributed by atoms with E-state index < -0.39 is 12.0 Å². The number of carbonyl (C=O) groups is 3. The highest BCUT2D eigenvalue weighted by atomic mass is 16.5. The zero-order chi connectivity index (χ0) is 31.0. The molecule has 234 valence electrons. The van der Waals surface area contributed by atoms with E-state index >= 15 is 0 Å². The Labute approximate surface area is 257 Å². The summed E-state index contributed by atoms with van der Waals surface area (Å²) in [5, 5.41) is 20.0. The number of hydrogen-bond donors (Lipinski definition) is 4. The maximum absolute atomic E-state index is 14.1. The van der Waals surface area contributed by atoms with Gasteiger partial charge in [0.15, 0.2) is 5.96 Å². The van der Waals surface area contributed by atoms with E-state index in [9.17, 15) is 19.5 Å². The highest BCUT2D eigenvalue weighted by Crippen LogP contribution is 2.54. The minimum atomic E-state index is -1.03. The molecule has 3 heterocycles. The molecule has 2 aromatic carbocycles. The van der Waals surface area contributed by atoms with Crippen LogP contribution < -0.4 is 16.0 Å². The first-order valence-electron chi connectivity index (χ1n) is 15.6. The Kier molecular flexibility index (Phi) is 8.24. The van der Waals surface area contributed by atoms with Crippen LogP contribution in [0.1, 0.15) is 66.1 Å². The minimum Gasteiger partial charge on any atom is -0.478 e. The number of benzene rings is 2. The van der Waals surface area contributed by atoms with Gasteiger partial charge in [-0.15, -0.1) is 0 Å². The zero-order valence-corrected chi connectivity index (χ0v) is 25.3. The molecule has 3 fully saturated rings. The molecule has 4 aliphatic rings. The highest BCUT2D eigenvalue weighted by molar-refractivity contribution is 5.99.